The number of hydrogen-bond acceptors (Lipinski definition) is 2. The molecule has 0 radical (unpaired) electrons. The van der Waals surface area contributed by atoms with Gasteiger partial charge >= 0.3 is 0 Å². The van der Waals surface area contributed by atoms with Crippen molar-refractivity contribution < 1.29 is 17.6 Å². The minimum Gasteiger partial charge on any atom is -0.203 e. The van der Waals surface area contributed by atoms with Crippen LogP contribution in [0.1, 0.15) is 56.9 Å². The van der Waals surface area contributed by atoms with E-state index in [9.17, 15) is 17.6 Å². The number of rotatable bonds is 5. The molecular formula is C22H21F4NS. The van der Waals surface area contributed by atoms with Crippen molar-refractivity contribution in [2.75, 3.05) is 0 Å². The van der Waals surface area contributed by atoms with Crippen LogP contribution in [-0.4, -0.2) is 5.16 Å². The second kappa shape index (κ2) is 8.97. The van der Waals surface area contributed by atoms with Gasteiger partial charge in [-0.25, -0.2) is 17.6 Å². The molecule has 1 aliphatic rings. The molecule has 6 heteroatoms. The Labute approximate surface area is 167 Å². The predicted molar refractivity (Wildman–Crippen MR) is 106 cm³/mol. The van der Waals surface area contributed by atoms with E-state index < -0.39 is 34.5 Å². The van der Waals surface area contributed by atoms with Gasteiger partial charge in [-0.2, -0.15) is 4.99 Å². The minimum absolute atomic E-state index is 0.0779. The molecule has 0 atom stereocenters. The van der Waals surface area contributed by atoms with E-state index in [1.807, 2.05) is 0 Å². The Morgan fingerprint density at radius 3 is 2.00 bits per heavy atom. The molecule has 148 valence electrons. The molecule has 0 heterocycles. The zero-order valence-corrected chi connectivity index (χ0v) is 16.4. The van der Waals surface area contributed by atoms with Gasteiger partial charge in [0.15, 0.2) is 29.0 Å². The summed E-state index contributed by atoms with van der Waals surface area (Å²) in [7, 11) is 0. The minimum atomic E-state index is -1.58. The van der Waals surface area contributed by atoms with Gasteiger partial charge in [-0.1, -0.05) is 44.0 Å². The van der Waals surface area contributed by atoms with Crippen molar-refractivity contribution in [1.82, 2.24) is 0 Å². The van der Waals surface area contributed by atoms with Crippen LogP contribution >= 0.6 is 12.2 Å². The summed E-state index contributed by atoms with van der Waals surface area (Å²) in [6, 6.07) is 6.60. The van der Waals surface area contributed by atoms with Gasteiger partial charge in [-0.05, 0) is 60.9 Å². The fourth-order valence-electron chi connectivity index (χ4n) is 4.13. The standard InChI is InChI=1S/C22H21F4NS/c1-2-3-13-4-6-14(7-5-13)15-8-10-16(11-9-15)17-18(23)20(25)22(27-12-28)21(26)19(17)24/h8-11,13-14H,2-7H2,1H3/t13-,14-. The third kappa shape index (κ3) is 4.03. The first kappa shape index (κ1) is 20.7. The number of aliphatic imine (C=N–C) groups is 1. The summed E-state index contributed by atoms with van der Waals surface area (Å²) in [5, 5.41) is 1.73. The third-order valence-corrected chi connectivity index (χ3v) is 5.70. The van der Waals surface area contributed by atoms with Gasteiger partial charge in [0.25, 0.3) is 0 Å². The zero-order chi connectivity index (χ0) is 20.3. The maximum absolute atomic E-state index is 14.4. The van der Waals surface area contributed by atoms with E-state index in [1.165, 1.54) is 37.8 Å². The molecule has 2 aromatic carbocycles. The monoisotopic (exact) mass is 407 g/mol. The van der Waals surface area contributed by atoms with Gasteiger partial charge in [0.1, 0.15) is 0 Å². The Bertz CT molecular complexity index is 867. The van der Waals surface area contributed by atoms with E-state index in [1.54, 1.807) is 17.3 Å². The molecule has 1 saturated carbocycles. The summed E-state index contributed by atoms with van der Waals surface area (Å²) >= 11 is 4.27. The molecule has 0 spiro atoms. The third-order valence-electron chi connectivity index (χ3n) is 5.61. The molecule has 3 rings (SSSR count). The molecule has 2 aromatic rings. The highest BCUT2D eigenvalue weighted by molar-refractivity contribution is 7.78. The summed E-state index contributed by atoms with van der Waals surface area (Å²) in [4.78, 5) is 3.09. The van der Waals surface area contributed by atoms with Crippen molar-refractivity contribution in [3.8, 4) is 11.1 Å². The maximum atomic E-state index is 14.4. The number of benzene rings is 2. The molecule has 1 fully saturated rings. The number of halogens is 4. The van der Waals surface area contributed by atoms with Gasteiger partial charge in [0.2, 0.25) is 0 Å². The van der Waals surface area contributed by atoms with Crippen LogP contribution < -0.4 is 0 Å². The van der Waals surface area contributed by atoms with Crippen LogP contribution in [-0.2, 0) is 0 Å². The molecule has 0 bridgehead atoms. The number of nitrogens with zero attached hydrogens (tertiary/aromatic N) is 1. The zero-order valence-electron chi connectivity index (χ0n) is 15.6. The van der Waals surface area contributed by atoms with E-state index in [2.05, 4.69) is 24.1 Å². The second-order valence-electron chi connectivity index (χ2n) is 7.31. The maximum Gasteiger partial charge on any atom is 0.189 e. The number of thiocarbonyl (C=S) groups is 1. The fourth-order valence-corrected chi connectivity index (χ4v) is 4.22. The lowest BCUT2D eigenvalue weighted by atomic mass is 9.77. The van der Waals surface area contributed by atoms with Gasteiger partial charge in [0.05, 0.1) is 10.7 Å². The van der Waals surface area contributed by atoms with Crippen LogP contribution in [0.25, 0.3) is 11.1 Å². The summed E-state index contributed by atoms with van der Waals surface area (Å²) in [5.74, 6) is -4.95. The van der Waals surface area contributed by atoms with Crippen LogP contribution in [0.2, 0.25) is 0 Å². The molecule has 0 N–H and O–H groups in total. The first-order chi connectivity index (χ1) is 13.5. The van der Waals surface area contributed by atoms with Gasteiger partial charge in [0, 0.05) is 0 Å². The SMILES string of the molecule is CCC[C@H]1CC[C@H](c2ccc(-c3c(F)c(F)c(N=C=S)c(F)c3F)cc2)CC1. The molecule has 0 saturated heterocycles. The van der Waals surface area contributed by atoms with Crippen molar-refractivity contribution in [2.45, 2.75) is 51.4 Å². The van der Waals surface area contributed by atoms with Crippen LogP contribution in [0.4, 0.5) is 23.2 Å². The first-order valence-electron chi connectivity index (χ1n) is 9.52. The summed E-state index contributed by atoms with van der Waals surface area (Å²) in [5.41, 5.74) is -0.679. The van der Waals surface area contributed by atoms with Crippen molar-refractivity contribution in [3.05, 3.63) is 53.1 Å². The summed E-state index contributed by atoms with van der Waals surface area (Å²) in [6.45, 7) is 2.20. The topological polar surface area (TPSA) is 12.4 Å². The summed E-state index contributed by atoms with van der Waals surface area (Å²) < 4.78 is 56.9. The van der Waals surface area contributed by atoms with E-state index in [-0.39, 0.29) is 5.56 Å². The normalized spacial score (nSPS) is 19.3. The lowest BCUT2D eigenvalue weighted by Gasteiger charge is -2.28. The molecule has 0 unspecified atom stereocenters. The Morgan fingerprint density at radius 1 is 0.929 bits per heavy atom. The lowest BCUT2D eigenvalue weighted by Crippen LogP contribution is -2.13. The van der Waals surface area contributed by atoms with E-state index in [0.29, 0.717) is 5.92 Å². The predicted octanol–water partition coefficient (Wildman–Crippen LogP) is 7.72. The molecule has 1 nitrogen and oxygen atoms in total. The van der Waals surface area contributed by atoms with Gasteiger partial charge in [-0.3, -0.25) is 0 Å². The van der Waals surface area contributed by atoms with Crippen LogP contribution in [0.5, 0.6) is 0 Å². The smallest absolute Gasteiger partial charge is 0.189 e. The Balaban J connectivity index is 1.88. The molecule has 1 aliphatic carbocycles. The highest BCUT2D eigenvalue weighted by Crippen LogP contribution is 2.39. The van der Waals surface area contributed by atoms with Crippen molar-refractivity contribution >= 4 is 23.1 Å². The molecule has 0 amide bonds. The average Bonchev–Trinajstić information content (AvgIpc) is 2.71. The molecule has 28 heavy (non-hydrogen) atoms. The van der Waals surface area contributed by atoms with Crippen LogP contribution in [0.3, 0.4) is 0 Å². The Morgan fingerprint density at radius 2 is 1.50 bits per heavy atom. The van der Waals surface area contributed by atoms with Gasteiger partial charge < -0.3 is 0 Å². The van der Waals surface area contributed by atoms with E-state index in [0.717, 1.165) is 24.3 Å². The van der Waals surface area contributed by atoms with Crippen LogP contribution in [0.15, 0.2) is 29.3 Å². The van der Waals surface area contributed by atoms with Crippen LogP contribution in [0, 0.1) is 29.2 Å². The molecule has 0 aromatic heterocycles. The lowest BCUT2D eigenvalue weighted by molar-refractivity contribution is 0.308. The van der Waals surface area contributed by atoms with E-state index >= 15 is 0 Å². The van der Waals surface area contributed by atoms with Gasteiger partial charge in [-0.15, -0.1) is 0 Å². The second-order valence-corrected chi connectivity index (χ2v) is 7.49. The quantitative estimate of drug-likeness (QED) is 0.214. The van der Waals surface area contributed by atoms with Crippen molar-refractivity contribution in [1.29, 1.82) is 0 Å². The number of isothiocyanates is 1. The largest absolute Gasteiger partial charge is 0.203 e. The fraction of sp³-hybridized carbons (Fsp3) is 0.409. The average molecular weight is 407 g/mol. The highest BCUT2D eigenvalue weighted by atomic mass is 32.1. The summed E-state index contributed by atoms with van der Waals surface area (Å²) in [6.07, 6.45) is 6.98. The Hall–Kier alpha value is -2.04. The van der Waals surface area contributed by atoms with Crippen molar-refractivity contribution in [2.24, 2.45) is 10.9 Å². The first-order valence-corrected chi connectivity index (χ1v) is 9.92. The molecule has 0 aliphatic heterocycles. The number of hydrogen-bond donors (Lipinski definition) is 0. The van der Waals surface area contributed by atoms with Crippen molar-refractivity contribution in [3.63, 3.8) is 0 Å². The van der Waals surface area contributed by atoms with E-state index in [4.69, 9.17) is 0 Å². The highest BCUT2D eigenvalue weighted by Gasteiger charge is 2.27. The Kier molecular flexibility index (Phi) is 6.63. The molecular weight excluding hydrogens is 386 g/mol.